The van der Waals surface area contributed by atoms with Gasteiger partial charge in [0, 0.05) is 18.2 Å². The largest absolute Gasteiger partial charge is 0.372 e. The van der Waals surface area contributed by atoms with Crippen LogP contribution in [0.2, 0.25) is 0 Å². The molecule has 0 aliphatic carbocycles. The number of carbonyl (C=O) groups is 1. The fourth-order valence-corrected chi connectivity index (χ4v) is 4.40. The van der Waals surface area contributed by atoms with Crippen LogP contribution in [-0.4, -0.2) is 34.5 Å². The minimum absolute atomic E-state index is 0.136. The van der Waals surface area contributed by atoms with Crippen molar-refractivity contribution >= 4 is 22.8 Å². The lowest BCUT2D eigenvalue weighted by Crippen LogP contribution is -2.32. The maximum Gasteiger partial charge on any atom is 0.251 e. The molecule has 0 saturated carbocycles. The Morgan fingerprint density at radius 1 is 0.972 bits per heavy atom. The second-order valence-corrected chi connectivity index (χ2v) is 9.07. The smallest absolute Gasteiger partial charge is 0.251 e. The van der Waals surface area contributed by atoms with E-state index >= 15 is 0 Å². The summed E-state index contributed by atoms with van der Waals surface area (Å²) in [6.45, 7) is 3.83. The van der Waals surface area contributed by atoms with Crippen LogP contribution in [0.4, 0.5) is 4.39 Å². The van der Waals surface area contributed by atoms with Crippen LogP contribution in [0.1, 0.15) is 55.0 Å². The van der Waals surface area contributed by atoms with Gasteiger partial charge in [0.05, 0.1) is 17.1 Å². The lowest BCUT2D eigenvalue weighted by atomic mass is 10.0. The normalized spacial score (nSPS) is 12.0. The average Bonchev–Trinajstić information content (AvgIpc) is 3.30. The molecular weight excluding hydrogens is 453 g/mol. The molecule has 1 atom stereocenters. The van der Waals surface area contributed by atoms with Gasteiger partial charge in [-0.1, -0.05) is 54.6 Å². The summed E-state index contributed by atoms with van der Waals surface area (Å²) in [5, 5.41) is 13.5. The van der Waals surface area contributed by atoms with Crippen LogP contribution in [0.3, 0.4) is 0 Å². The van der Waals surface area contributed by atoms with Crippen LogP contribution in [0.5, 0.6) is 0 Å². The van der Waals surface area contributed by atoms with E-state index in [4.69, 9.17) is 10.4 Å². The number of para-hydroxylation sites is 2. The Hall–Kier alpha value is -4.00. The maximum absolute atomic E-state index is 13.3. The van der Waals surface area contributed by atoms with Crippen LogP contribution in [0.25, 0.3) is 22.2 Å². The second kappa shape index (κ2) is 11.6. The third-order valence-corrected chi connectivity index (χ3v) is 6.15. The summed E-state index contributed by atoms with van der Waals surface area (Å²) in [5.74, 6) is 0.482. The number of fused-ring (bicyclic) bond motifs is 1. The average molecular weight is 486 g/mol. The Kier molecular flexibility index (Phi) is 8.10. The Morgan fingerprint density at radius 2 is 1.64 bits per heavy atom. The number of hydrogen-bond acceptors (Lipinski definition) is 3. The van der Waals surface area contributed by atoms with Gasteiger partial charge in [-0.05, 0) is 62.1 Å². The molecule has 36 heavy (non-hydrogen) atoms. The molecule has 6 nitrogen and oxygen atoms in total. The molecule has 186 valence electrons. The number of aromatic nitrogens is 2. The predicted octanol–water partition coefficient (Wildman–Crippen LogP) is 6.07. The first kappa shape index (κ1) is 25.1. The SMILES string of the molecule is CC(C)n1c(C(CCCNC(=N)CF)NC(=O)c2ccc(-c3ccccc3)cc2)nc2ccccc21. The molecule has 3 aromatic carbocycles. The molecule has 0 bridgehead atoms. The van der Waals surface area contributed by atoms with Crippen LogP contribution >= 0.6 is 0 Å². The minimum atomic E-state index is -0.817. The lowest BCUT2D eigenvalue weighted by molar-refractivity contribution is 0.0931. The Labute approximate surface area is 211 Å². The van der Waals surface area contributed by atoms with Gasteiger partial charge in [0.2, 0.25) is 0 Å². The van der Waals surface area contributed by atoms with Crippen molar-refractivity contribution in [1.29, 1.82) is 5.41 Å². The summed E-state index contributed by atoms with van der Waals surface area (Å²) in [4.78, 5) is 18.2. The van der Waals surface area contributed by atoms with E-state index < -0.39 is 6.67 Å². The van der Waals surface area contributed by atoms with E-state index in [-0.39, 0.29) is 23.8 Å². The Morgan fingerprint density at radius 3 is 2.33 bits per heavy atom. The highest BCUT2D eigenvalue weighted by molar-refractivity contribution is 5.95. The lowest BCUT2D eigenvalue weighted by Gasteiger charge is -2.22. The van der Waals surface area contributed by atoms with E-state index in [1.54, 1.807) is 0 Å². The zero-order valence-electron chi connectivity index (χ0n) is 20.7. The molecule has 4 rings (SSSR count). The molecule has 7 heteroatoms. The fourth-order valence-electron chi connectivity index (χ4n) is 4.40. The van der Waals surface area contributed by atoms with Gasteiger partial charge in [0.25, 0.3) is 5.91 Å². The van der Waals surface area contributed by atoms with E-state index in [1.165, 1.54) is 0 Å². The molecule has 0 radical (unpaired) electrons. The molecule has 1 unspecified atom stereocenters. The van der Waals surface area contributed by atoms with Crippen molar-refractivity contribution in [3.8, 4) is 11.1 Å². The van der Waals surface area contributed by atoms with E-state index in [1.807, 2.05) is 78.9 Å². The van der Waals surface area contributed by atoms with Gasteiger partial charge < -0.3 is 15.2 Å². The van der Waals surface area contributed by atoms with Crippen molar-refractivity contribution in [2.24, 2.45) is 0 Å². The molecule has 1 amide bonds. The van der Waals surface area contributed by atoms with E-state index in [9.17, 15) is 9.18 Å². The van der Waals surface area contributed by atoms with Crippen molar-refractivity contribution in [3.63, 3.8) is 0 Å². The van der Waals surface area contributed by atoms with Crippen molar-refractivity contribution in [2.45, 2.75) is 38.8 Å². The number of nitrogens with one attached hydrogen (secondary N) is 3. The number of imidazole rings is 1. The van der Waals surface area contributed by atoms with Gasteiger partial charge in [0.15, 0.2) is 0 Å². The standard InChI is InChI=1S/C29H32FN5O/c1-20(2)35-26-13-7-6-11-24(26)33-28(35)25(12-8-18-32-27(31)19-30)34-29(36)23-16-14-22(15-17-23)21-9-4-3-5-10-21/h3-7,9-11,13-17,20,25H,8,12,18-19H2,1-2H3,(H2,31,32)(H,34,36). The maximum atomic E-state index is 13.3. The number of alkyl halides is 1. The van der Waals surface area contributed by atoms with E-state index in [0.29, 0.717) is 24.9 Å². The monoisotopic (exact) mass is 485 g/mol. The summed E-state index contributed by atoms with van der Waals surface area (Å²) < 4.78 is 14.8. The Balaban J connectivity index is 1.58. The first-order chi connectivity index (χ1) is 17.5. The molecule has 0 spiro atoms. The van der Waals surface area contributed by atoms with Gasteiger partial charge in [0.1, 0.15) is 18.3 Å². The Bertz CT molecular complexity index is 1310. The zero-order valence-corrected chi connectivity index (χ0v) is 20.7. The number of halogens is 1. The van der Waals surface area contributed by atoms with Crippen molar-refractivity contribution in [3.05, 3.63) is 90.3 Å². The first-order valence-corrected chi connectivity index (χ1v) is 12.3. The van der Waals surface area contributed by atoms with Crippen LogP contribution in [0.15, 0.2) is 78.9 Å². The quantitative estimate of drug-likeness (QED) is 0.145. The number of carbonyl (C=O) groups excluding carboxylic acids is 1. The molecule has 0 fully saturated rings. The topological polar surface area (TPSA) is 82.8 Å². The van der Waals surface area contributed by atoms with Gasteiger partial charge in [-0.25, -0.2) is 9.37 Å². The van der Waals surface area contributed by atoms with Crippen LogP contribution < -0.4 is 10.6 Å². The summed E-state index contributed by atoms with van der Waals surface area (Å²) in [7, 11) is 0. The highest BCUT2D eigenvalue weighted by Gasteiger charge is 2.24. The molecule has 3 N–H and O–H groups in total. The number of hydrogen-bond donors (Lipinski definition) is 3. The highest BCUT2D eigenvalue weighted by atomic mass is 19.1. The number of benzene rings is 3. The third-order valence-electron chi connectivity index (χ3n) is 6.15. The van der Waals surface area contributed by atoms with Crippen LogP contribution in [-0.2, 0) is 0 Å². The van der Waals surface area contributed by atoms with Gasteiger partial charge in [-0.2, -0.15) is 0 Å². The van der Waals surface area contributed by atoms with Gasteiger partial charge in [-0.3, -0.25) is 10.2 Å². The minimum Gasteiger partial charge on any atom is -0.372 e. The molecule has 0 aliphatic heterocycles. The molecule has 4 aromatic rings. The van der Waals surface area contributed by atoms with E-state index in [0.717, 1.165) is 28.0 Å². The predicted molar refractivity (Wildman–Crippen MR) is 143 cm³/mol. The summed E-state index contributed by atoms with van der Waals surface area (Å²) >= 11 is 0. The second-order valence-electron chi connectivity index (χ2n) is 9.07. The molecule has 0 saturated heterocycles. The molecule has 1 aromatic heterocycles. The van der Waals surface area contributed by atoms with E-state index in [2.05, 4.69) is 29.0 Å². The van der Waals surface area contributed by atoms with Crippen molar-refractivity contribution < 1.29 is 9.18 Å². The number of amides is 1. The summed E-state index contributed by atoms with van der Waals surface area (Å²) in [5.41, 5.74) is 4.62. The molecular formula is C29H32FN5O. The highest BCUT2D eigenvalue weighted by Crippen LogP contribution is 2.28. The number of nitrogens with zero attached hydrogens (tertiary/aromatic N) is 2. The first-order valence-electron chi connectivity index (χ1n) is 12.3. The zero-order chi connectivity index (χ0) is 25.5. The van der Waals surface area contributed by atoms with Gasteiger partial charge >= 0.3 is 0 Å². The van der Waals surface area contributed by atoms with Crippen molar-refractivity contribution in [1.82, 2.24) is 20.2 Å². The molecule has 1 heterocycles. The molecule has 0 aliphatic rings. The third kappa shape index (κ3) is 5.79. The summed E-state index contributed by atoms with van der Waals surface area (Å²) in [6.07, 6.45) is 1.23. The van der Waals surface area contributed by atoms with Crippen molar-refractivity contribution in [2.75, 3.05) is 13.2 Å². The summed E-state index contributed by atoms with van der Waals surface area (Å²) in [6, 6.07) is 25.4. The fraction of sp³-hybridized carbons (Fsp3) is 0.276. The number of rotatable bonds is 10. The van der Waals surface area contributed by atoms with Crippen LogP contribution in [0, 0.1) is 5.41 Å². The number of amidine groups is 1. The van der Waals surface area contributed by atoms with Gasteiger partial charge in [-0.15, -0.1) is 0 Å².